The average Bonchev–Trinajstić information content (AvgIpc) is 3.06. The highest BCUT2D eigenvalue weighted by atomic mass is 79.9. The van der Waals surface area contributed by atoms with Crippen LogP contribution in [-0.4, -0.2) is 36.1 Å². The van der Waals surface area contributed by atoms with Crippen molar-refractivity contribution in [2.75, 3.05) is 20.3 Å². The van der Waals surface area contributed by atoms with Crippen LogP contribution in [0.15, 0.2) is 46.9 Å². The van der Waals surface area contributed by atoms with Crippen LogP contribution in [0.25, 0.3) is 22.2 Å². The lowest BCUT2D eigenvalue weighted by Crippen LogP contribution is -2.19. The van der Waals surface area contributed by atoms with E-state index in [-0.39, 0.29) is 6.09 Å². The molecule has 1 heterocycles. The Morgan fingerprint density at radius 1 is 1.07 bits per heavy atom. The topological polar surface area (TPSA) is 65.4 Å². The van der Waals surface area contributed by atoms with Crippen LogP contribution in [-0.2, 0) is 11.8 Å². The van der Waals surface area contributed by atoms with Gasteiger partial charge in [0.05, 0.1) is 18.7 Å². The number of benzene rings is 2. The molecular weight excluding hydrogens is 434 g/mol. The molecule has 0 unspecified atom stereocenters. The molecule has 0 bridgehead atoms. The second kappa shape index (κ2) is 10.3. The van der Waals surface area contributed by atoms with Crippen LogP contribution >= 0.6 is 15.9 Å². The predicted octanol–water partition coefficient (Wildman–Crippen LogP) is 5.30. The van der Waals surface area contributed by atoms with Crippen molar-refractivity contribution < 1.29 is 14.3 Å². The fourth-order valence-electron chi connectivity index (χ4n) is 3.14. The molecule has 1 N–H and O–H groups in total. The third kappa shape index (κ3) is 5.73. The maximum absolute atomic E-state index is 10.9. The maximum Gasteiger partial charge on any atom is 0.406 e. The summed E-state index contributed by atoms with van der Waals surface area (Å²) in [7, 11) is 3.52. The summed E-state index contributed by atoms with van der Waals surface area (Å²) in [4.78, 5) is 10.9. The van der Waals surface area contributed by atoms with E-state index in [2.05, 4.69) is 50.6 Å². The van der Waals surface area contributed by atoms with Crippen LogP contribution in [0.2, 0.25) is 0 Å². The number of hydrogen-bond donors (Lipinski definition) is 1. The lowest BCUT2D eigenvalue weighted by atomic mass is 10.1. The van der Waals surface area contributed by atoms with Gasteiger partial charge >= 0.3 is 6.09 Å². The molecule has 0 atom stereocenters. The van der Waals surface area contributed by atoms with Crippen molar-refractivity contribution in [2.45, 2.75) is 25.7 Å². The summed E-state index contributed by atoms with van der Waals surface area (Å²) in [5.41, 5.74) is 3.14. The van der Waals surface area contributed by atoms with Gasteiger partial charge in [-0.15, -0.1) is 0 Å². The van der Waals surface area contributed by atoms with Gasteiger partial charge in [0.1, 0.15) is 11.4 Å². The van der Waals surface area contributed by atoms with E-state index < -0.39 is 0 Å². The van der Waals surface area contributed by atoms with Gasteiger partial charge in [0.25, 0.3) is 0 Å². The van der Waals surface area contributed by atoms with Crippen molar-refractivity contribution in [2.24, 2.45) is 7.05 Å². The summed E-state index contributed by atoms with van der Waals surface area (Å²) in [6.07, 6.45) is 3.54. The molecule has 0 aliphatic rings. The van der Waals surface area contributed by atoms with Gasteiger partial charge < -0.3 is 14.8 Å². The molecule has 3 rings (SSSR count). The smallest absolute Gasteiger partial charge is 0.406 e. The van der Waals surface area contributed by atoms with E-state index in [4.69, 9.17) is 9.47 Å². The largest absolute Gasteiger partial charge is 0.494 e. The number of amides is 1. The van der Waals surface area contributed by atoms with E-state index in [9.17, 15) is 4.79 Å². The molecule has 6 nitrogen and oxygen atoms in total. The molecule has 0 aliphatic carbocycles. The lowest BCUT2D eigenvalue weighted by molar-refractivity contribution is 0.146. The number of nitrogens with zero attached hydrogens (tertiary/aromatic N) is 2. The van der Waals surface area contributed by atoms with Gasteiger partial charge in [-0.3, -0.25) is 4.68 Å². The number of carbonyl (C=O) groups is 1. The third-order valence-corrected chi connectivity index (χ3v) is 5.18. The van der Waals surface area contributed by atoms with Crippen LogP contribution in [0, 0.1) is 0 Å². The van der Waals surface area contributed by atoms with Gasteiger partial charge in [0, 0.05) is 29.5 Å². The molecule has 0 saturated heterocycles. The van der Waals surface area contributed by atoms with Crippen LogP contribution in [0.1, 0.15) is 25.7 Å². The fourth-order valence-corrected chi connectivity index (χ4v) is 3.49. The maximum atomic E-state index is 10.9. The summed E-state index contributed by atoms with van der Waals surface area (Å²) in [5, 5.41) is 8.24. The van der Waals surface area contributed by atoms with Gasteiger partial charge in [0.15, 0.2) is 0 Å². The quantitative estimate of drug-likeness (QED) is 0.441. The highest BCUT2D eigenvalue weighted by Crippen LogP contribution is 2.30. The number of aromatic nitrogens is 2. The Hall–Kier alpha value is -2.54. The highest BCUT2D eigenvalue weighted by molar-refractivity contribution is 9.10. The Morgan fingerprint density at radius 2 is 1.79 bits per heavy atom. The van der Waals surface area contributed by atoms with Gasteiger partial charge in [-0.25, -0.2) is 4.79 Å². The SMILES string of the molecule is CNC(=O)OCCCCCCOc1ccc(-c2nn(C)c3cc(Br)ccc23)cc1. The number of hydrogen-bond acceptors (Lipinski definition) is 4. The van der Waals surface area contributed by atoms with Crippen molar-refractivity contribution in [3.63, 3.8) is 0 Å². The van der Waals surface area contributed by atoms with E-state index in [1.54, 1.807) is 7.05 Å². The number of ether oxygens (including phenoxy) is 2. The van der Waals surface area contributed by atoms with Crippen molar-refractivity contribution in [3.8, 4) is 17.0 Å². The second-order valence-electron chi connectivity index (χ2n) is 6.81. The summed E-state index contributed by atoms with van der Waals surface area (Å²) >= 11 is 3.52. The lowest BCUT2D eigenvalue weighted by Gasteiger charge is -2.07. The zero-order valence-corrected chi connectivity index (χ0v) is 18.4. The van der Waals surface area contributed by atoms with Crippen molar-refractivity contribution >= 4 is 32.9 Å². The molecule has 0 spiro atoms. The van der Waals surface area contributed by atoms with E-state index in [1.807, 2.05) is 29.9 Å². The number of aryl methyl sites for hydroxylation is 1. The zero-order chi connectivity index (χ0) is 20.6. The van der Waals surface area contributed by atoms with Crippen molar-refractivity contribution in [1.82, 2.24) is 15.1 Å². The molecule has 0 aliphatic heterocycles. The molecule has 2 aromatic carbocycles. The van der Waals surface area contributed by atoms with Crippen LogP contribution in [0.3, 0.4) is 0 Å². The molecule has 154 valence electrons. The number of fused-ring (bicyclic) bond motifs is 1. The Bertz CT molecular complexity index is 954. The standard InChI is InChI=1S/C22H26BrN3O3/c1-24-22(27)29-14-6-4-3-5-13-28-18-10-7-16(8-11-18)21-19-12-9-17(23)15-20(19)26(2)25-21/h7-12,15H,3-6,13-14H2,1-2H3,(H,24,27). The van der Waals surface area contributed by atoms with Gasteiger partial charge in [0.2, 0.25) is 0 Å². The third-order valence-electron chi connectivity index (χ3n) is 4.69. The highest BCUT2D eigenvalue weighted by Gasteiger charge is 2.11. The van der Waals surface area contributed by atoms with Gasteiger partial charge in [-0.05, 0) is 68.1 Å². The minimum atomic E-state index is -0.372. The first-order valence-corrected chi connectivity index (χ1v) is 10.6. The number of rotatable bonds is 9. The number of halogens is 1. The van der Waals surface area contributed by atoms with Gasteiger partial charge in [-0.2, -0.15) is 5.10 Å². The first-order valence-electron chi connectivity index (χ1n) is 9.78. The number of unbranched alkanes of at least 4 members (excludes halogenated alkanes) is 3. The average molecular weight is 460 g/mol. The molecule has 29 heavy (non-hydrogen) atoms. The molecule has 1 aromatic heterocycles. The normalized spacial score (nSPS) is 10.9. The zero-order valence-electron chi connectivity index (χ0n) is 16.8. The molecule has 0 saturated carbocycles. The van der Waals surface area contributed by atoms with E-state index in [1.165, 1.54) is 0 Å². The Morgan fingerprint density at radius 3 is 2.52 bits per heavy atom. The predicted molar refractivity (Wildman–Crippen MR) is 118 cm³/mol. The van der Waals surface area contributed by atoms with E-state index in [0.29, 0.717) is 13.2 Å². The van der Waals surface area contributed by atoms with Crippen LogP contribution < -0.4 is 10.1 Å². The van der Waals surface area contributed by atoms with E-state index in [0.717, 1.165) is 58.1 Å². The summed E-state index contributed by atoms with van der Waals surface area (Å²) in [6.45, 7) is 1.14. The number of alkyl carbamates (subject to hydrolysis) is 1. The minimum absolute atomic E-state index is 0.372. The number of nitrogens with one attached hydrogen (secondary N) is 1. The van der Waals surface area contributed by atoms with Crippen molar-refractivity contribution in [3.05, 3.63) is 46.9 Å². The Kier molecular flexibility index (Phi) is 7.52. The Balaban J connectivity index is 1.46. The van der Waals surface area contributed by atoms with E-state index >= 15 is 0 Å². The monoisotopic (exact) mass is 459 g/mol. The Labute approximate surface area is 179 Å². The molecule has 3 aromatic rings. The molecule has 0 radical (unpaired) electrons. The molecule has 7 heteroatoms. The van der Waals surface area contributed by atoms with Crippen LogP contribution in [0.5, 0.6) is 5.75 Å². The molecule has 0 fully saturated rings. The summed E-state index contributed by atoms with van der Waals surface area (Å²) in [5.74, 6) is 0.861. The second-order valence-corrected chi connectivity index (χ2v) is 7.72. The fraction of sp³-hybridized carbons (Fsp3) is 0.364. The minimum Gasteiger partial charge on any atom is -0.494 e. The molecular formula is C22H26BrN3O3. The summed E-state index contributed by atoms with van der Waals surface area (Å²) < 4.78 is 13.7. The van der Waals surface area contributed by atoms with Gasteiger partial charge in [-0.1, -0.05) is 15.9 Å². The van der Waals surface area contributed by atoms with Crippen LogP contribution in [0.4, 0.5) is 4.79 Å². The summed E-state index contributed by atoms with van der Waals surface area (Å²) in [6, 6.07) is 14.3. The first kappa shape index (κ1) is 21.2. The first-order chi connectivity index (χ1) is 14.1. The number of carbonyl (C=O) groups excluding carboxylic acids is 1. The molecule has 1 amide bonds. The van der Waals surface area contributed by atoms with Crippen molar-refractivity contribution in [1.29, 1.82) is 0 Å².